The van der Waals surface area contributed by atoms with E-state index in [9.17, 15) is 9.59 Å². The lowest BCUT2D eigenvalue weighted by Crippen LogP contribution is -2.34. The number of methoxy groups -OCH3 is 1. The van der Waals surface area contributed by atoms with E-state index in [2.05, 4.69) is 20.4 Å². The van der Waals surface area contributed by atoms with Gasteiger partial charge in [-0.05, 0) is 24.3 Å². The number of carbonyl (C=O) groups is 2. The third-order valence-electron chi connectivity index (χ3n) is 4.21. The van der Waals surface area contributed by atoms with Crippen molar-refractivity contribution < 1.29 is 14.3 Å². The molecule has 146 valence electrons. The molecule has 2 heterocycles. The minimum atomic E-state index is -0.637. The molecule has 1 N–H and O–H groups in total. The number of aliphatic imine (C=N–C) groups is 2. The summed E-state index contributed by atoms with van der Waals surface area (Å²) in [6.45, 7) is 0. The number of rotatable bonds is 5. The summed E-state index contributed by atoms with van der Waals surface area (Å²) in [5.74, 6) is -0.0647. The van der Waals surface area contributed by atoms with Crippen LogP contribution >= 0.6 is 11.8 Å². The van der Waals surface area contributed by atoms with Crippen LogP contribution in [0.2, 0.25) is 0 Å². The van der Waals surface area contributed by atoms with Gasteiger partial charge in [-0.25, -0.2) is 10.0 Å². The van der Waals surface area contributed by atoms with Crippen molar-refractivity contribution in [3.8, 4) is 5.75 Å². The number of nitrogens with one attached hydrogen (secondary N) is 1. The topological polar surface area (TPSA) is 95.7 Å². The molecule has 8 nitrogen and oxygen atoms in total. The number of para-hydroxylation sites is 3. The van der Waals surface area contributed by atoms with E-state index in [4.69, 9.17) is 4.74 Å². The van der Waals surface area contributed by atoms with Crippen molar-refractivity contribution in [2.45, 2.75) is 0 Å². The van der Waals surface area contributed by atoms with E-state index in [0.29, 0.717) is 23.0 Å². The highest BCUT2D eigenvalue weighted by Gasteiger charge is 2.37. The lowest BCUT2D eigenvalue weighted by Gasteiger charge is -2.21. The van der Waals surface area contributed by atoms with Crippen LogP contribution in [0.3, 0.4) is 0 Å². The van der Waals surface area contributed by atoms with Crippen molar-refractivity contribution in [2.24, 2.45) is 21.0 Å². The Morgan fingerprint density at radius 3 is 2.69 bits per heavy atom. The van der Waals surface area contributed by atoms with Crippen molar-refractivity contribution in [3.05, 3.63) is 54.6 Å². The van der Waals surface area contributed by atoms with Crippen LogP contribution in [-0.4, -0.2) is 41.9 Å². The number of hydrogen-bond acceptors (Lipinski definition) is 7. The molecule has 0 saturated carbocycles. The van der Waals surface area contributed by atoms with Gasteiger partial charge in [-0.15, -0.1) is 0 Å². The smallest absolute Gasteiger partial charge is 0.264 e. The van der Waals surface area contributed by atoms with Gasteiger partial charge >= 0.3 is 0 Å². The van der Waals surface area contributed by atoms with Crippen LogP contribution in [0.5, 0.6) is 5.75 Å². The summed E-state index contributed by atoms with van der Waals surface area (Å²) in [5, 5.41) is 8.90. The van der Waals surface area contributed by atoms with Gasteiger partial charge in [-0.2, -0.15) is 10.1 Å². The van der Waals surface area contributed by atoms with Crippen molar-refractivity contribution in [2.75, 3.05) is 23.2 Å². The fourth-order valence-electron chi connectivity index (χ4n) is 2.87. The summed E-state index contributed by atoms with van der Waals surface area (Å²) in [6.07, 6.45) is 1.51. The molecule has 0 bridgehead atoms. The van der Waals surface area contributed by atoms with E-state index < -0.39 is 5.92 Å². The average Bonchev–Trinajstić information content (AvgIpc) is 3.17. The van der Waals surface area contributed by atoms with E-state index in [1.807, 2.05) is 36.4 Å². The number of carbonyl (C=O) groups excluding carboxylic acids is 2. The zero-order chi connectivity index (χ0) is 20.2. The standard InChI is InChI=1S/C20H17N5O3S/c1-28-16-10-6-5-9-15(16)25-18-14(11-21-25)19(27)24-20(23-18)29-12-17(26)22-13-7-3-2-4-8-13/h2-11,14H,12H2,1H3,(H,22,26). The molecule has 0 spiro atoms. The number of ether oxygens (including phenoxy) is 1. The second kappa shape index (κ2) is 8.27. The van der Waals surface area contributed by atoms with E-state index in [-0.39, 0.29) is 22.7 Å². The second-order valence-electron chi connectivity index (χ2n) is 6.13. The average molecular weight is 407 g/mol. The Morgan fingerprint density at radius 2 is 1.90 bits per heavy atom. The molecule has 1 atom stereocenters. The van der Waals surface area contributed by atoms with Gasteiger partial charge in [0.15, 0.2) is 11.0 Å². The molecule has 4 rings (SSSR count). The fourth-order valence-corrected chi connectivity index (χ4v) is 3.52. The van der Waals surface area contributed by atoms with Gasteiger partial charge in [-0.3, -0.25) is 9.59 Å². The number of fused-ring (bicyclic) bond motifs is 1. The van der Waals surface area contributed by atoms with Gasteiger partial charge in [0.25, 0.3) is 5.91 Å². The van der Waals surface area contributed by atoms with E-state index in [1.165, 1.54) is 6.21 Å². The van der Waals surface area contributed by atoms with Gasteiger partial charge < -0.3 is 10.1 Å². The van der Waals surface area contributed by atoms with Crippen molar-refractivity contribution in [3.63, 3.8) is 0 Å². The number of amides is 2. The number of hydrazone groups is 1. The number of amidine groups is 2. The molecule has 2 amide bonds. The summed E-state index contributed by atoms with van der Waals surface area (Å²) >= 11 is 1.10. The van der Waals surface area contributed by atoms with Gasteiger partial charge in [0.05, 0.1) is 12.9 Å². The first kappa shape index (κ1) is 18.9. The number of thioether (sulfide) groups is 1. The van der Waals surface area contributed by atoms with E-state index in [1.54, 1.807) is 30.3 Å². The van der Waals surface area contributed by atoms with Crippen molar-refractivity contribution in [1.82, 2.24) is 0 Å². The molecule has 0 aliphatic carbocycles. The lowest BCUT2D eigenvalue weighted by atomic mass is 10.1. The molecular weight excluding hydrogens is 390 g/mol. The normalized spacial score (nSPS) is 17.5. The molecule has 2 aliphatic rings. The van der Waals surface area contributed by atoms with Gasteiger partial charge in [0, 0.05) is 11.9 Å². The highest BCUT2D eigenvalue weighted by atomic mass is 32.2. The predicted octanol–water partition coefficient (Wildman–Crippen LogP) is 2.78. The summed E-state index contributed by atoms with van der Waals surface area (Å²) in [6, 6.07) is 16.5. The van der Waals surface area contributed by atoms with Crippen LogP contribution < -0.4 is 15.1 Å². The SMILES string of the molecule is COc1ccccc1N1N=CC2C(=O)N=C(SCC(=O)Nc3ccccc3)N=C21. The molecule has 9 heteroatoms. The molecule has 29 heavy (non-hydrogen) atoms. The Labute approximate surface area is 171 Å². The summed E-state index contributed by atoms with van der Waals surface area (Å²) in [5.41, 5.74) is 1.38. The number of anilines is 2. The minimum Gasteiger partial charge on any atom is -0.494 e. The highest BCUT2D eigenvalue weighted by molar-refractivity contribution is 8.14. The fraction of sp³-hybridized carbons (Fsp3) is 0.150. The van der Waals surface area contributed by atoms with E-state index >= 15 is 0 Å². The molecule has 0 aromatic heterocycles. The summed E-state index contributed by atoms with van der Waals surface area (Å²) < 4.78 is 5.38. The molecule has 0 fully saturated rings. The van der Waals surface area contributed by atoms with Crippen molar-refractivity contribution >= 4 is 52.2 Å². The number of benzene rings is 2. The molecule has 0 radical (unpaired) electrons. The summed E-state index contributed by atoms with van der Waals surface area (Å²) in [4.78, 5) is 33.1. The zero-order valence-corrected chi connectivity index (χ0v) is 16.3. The third kappa shape index (κ3) is 4.04. The molecule has 2 aromatic rings. The Hall–Kier alpha value is -3.46. The van der Waals surface area contributed by atoms with Crippen molar-refractivity contribution in [1.29, 1.82) is 0 Å². The molecule has 1 unspecified atom stereocenters. The molecular formula is C20H17N5O3S. The van der Waals surface area contributed by atoms with Gasteiger partial charge in [0.1, 0.15) is 17.4 Å². The highest BCUT2D eigenvalue weighted by Crippen LogP contribution is 2.33. The largest absolute Gasteiger partial charge is 0.494 e. The number of hydrogen-bond donors (Lipinski definition) is 1. The maximum Gasteiger partial charge on any atom is 0.264 e. The number of nitrogens with zero attached hydrogens (tertiary/aromatic N) is 4. The van der Waals surface area contributed by atoms with Crippen LogP contribution in [0.4, 0.5) is 11.4 Å². The van der Waals surface area contributed by atoms with Crippen LogP contribution in [0.1, 0.15) is 0 Å². The quantitative estimate of drug-likeness (QED) is 0.822. The first-order valence-electron chi connectivity index (χ1n) is 8.82. The Kier molecular flexibility index (Phi) is 5.39. The predicted molar refractivity (Wildman–Crippen MR) is 115 cm³/mol. The Morgan fingerprint density at radius 1 is 1.14 bits per heavy atom. The van der Waals surface area contributed by atoms with Gasteiger partial charge in [0.2, 0.25) is 5.91 Å². The van der Waals surface area contributed by atoms with Crippen LogP contribution in [-0.2, 0) is 9.59 Å². The molecule has 0 saturated heterocycles. The lowest BCUT2D eigenvalue weighted by molar-refractivity contribution is -0.118. The zero-order valence-electron chi connectivity index (χ0n) is 15.5. The third-order valence-corrected chi connectivity index (χ3v) is 5.06. The van der Waals surface area contributed by atoms with Crippen LogP contribution in [0.15, 0.2) is 69.7 Å². The second-order valence-corrected chi connectivity index (χ2v) is 7.07. The maximum absolute atomic E-state index is 12.4. The molecule has 2 aliphatic heterocycles. The summed E-state index contributed by atoms with van der Waals surface area (Å²) in [7, 11) is 1.57. The van der Waals surface area contributed by atoms with Crippen LogP contribution in [0.25, 0.3) is 0 Å². The van der Waals surface area contributed by atoms with Crippen LogP contribution in [0, 0.1) is 5.92 Å². The Balaban J connectivity index is 1.48. The van der Waals surface area contributed by atoms with Gasteiger partial charge in [-0.1, -0.05) is 42.1 Å². The molecule has 2 aromatic carbocycles. The minimum absolute atomic E-state index is 0.0813. The Bertz CT molecular complexity index is 1040. The monoisotopic (exact) mass is 407 g/mol. The van der Waals surface area contributed by atoms with E-state index in [0.717, 1.165) is 11.8 Å². The first-order valence-corrected chi connectivity index (χ1v) is 9.80. The first-order chi connectivity index (χ1) is 14.2. The maximum atomic E-state index is 12.4.